The van der Waals surface area contributed by atoms with Gasteiger partial charge in [0.1, 0.15) is 5.75 Å². The van der Waals surface area contributed by atoms with E-state index in [1.165, 1.54) is 6.07 Å². The van der Waals surface area contributed by atoms with E-state index in [0.29, 0.717) is 12.1 Å². The van der Waals surface area contributed by atoms with Crippen LogP contribution in [0.3, 0.4) is 0 Å². The van der Waals surface area contributed by atoms with Crippen LogP contribution < -0.4 is 10.6 Å². The van der Waals surface area contributed by atoms with E-state index in [0.717, 1.165) is 43.6 Å². The molecule has 1 aromatic carbocycles. The number of carbonyl (C=O) groups excluding carboxylic acids is 1. The van der Waals surface area contributed by atoms with Gasteiger partial charge in [0.15, 0.2) is 0 Å². The van der Waals surface area contributed by atoms with E-state index in [-0.39, 0.29) is 24.1 Å². The molecule has 0 saturated carbocycles. The first kappa shape index (κ1) is 18.2. The van der Waals surface area contributed by atoms with Crippen molar-refractivity contribution in [3.8, 4) is 5.75 Å². The van der Waals surface area contributed by atoms with E-state index >= 15 is 0 Å². The van der Waals surface area contributed by atoms with Crippen molar-refractivity contribution < 1.29 is 9.90 Å². The summed E-state index contributed by atoms with van der Waals surface area (Å²) >= 11 is 3.29. The topological polar surface area (TPSA) is 64.6 Å². The molecule has 0 unspecified atom stereocenters. The standard InChI is InChI=1S/C14H20BrN3O2.ClH/c15-11-2-3-13(19)12(10-11)14(20)17-4-1-7-18-8-5-16-6-9-18;/h2-3,10,16,19H,1,4-9H2,(H,17,20);1H. The predicted octanol–water partition coefficient (Wildman–Crippen LogP) is 1.60. The molecule has 5 nitrogen and oxygen atoms in total. The molecule has 1 aliphatic heterocycles. The van der Waals surface area contributed by atoms with Crippen LogP contribution in [0.1, 0.15) is 16.8 Å². The number of benzene rings is 1. The lowest BCUT2D eigenvalue weighted by atomic mass is 10.2. The van der Waals surface area contributed by atoms with Gasteiger partial charge in [0, 0.05) is 37.2 Å². The summed E-state index contributed by atoms with van der Waals surface area (Å²) in [6.07, 6.45) is 0.917. The molecule has 0 aliphatic carbocycles. The third kappa shape index (κ3) is 5.82. The van der Waals surface area contributed by atoms with Crippen molar-refractivity contribution in [3.05, 3.63) is 28.2 Å². The Kier molecular flexibility index (Phi) is 8.03. The van der Waals surface area contributed by atoms with E-state index in [4.69, 9.17) is 0 Å². The molecule has 1 fully saturated rings. The second-order valence-corrected chi connectivity index (χ2v) is 5.78. The SMILES string of the molecule is Cl.O=C(NCCCN1CCNCC1)c1cc(Br)ccc1O. The van der Waals surface area contributed by atoms with Crippen LogP contribution in [0, 0.1) is 0 Å². The lowest BCUT2D eigenvalue weighted by Crippen LogP contribution is -2.44. The molecule has 21 heavy (non-hydrogen) atoms. The number of piperazine rings is 1. The van der Waals surface area contributed by atoms with Gasteiger partial charge in [-0.05, 0) is 31.2 Å². The zero-order valence-electron chi connectivity index (χ0n) is 11.8. The van der Waals surface area contributed by atoms with E-state index in [2.05, 4.69) is 31.5 Å². The van der Waals surface area contributed by atoms with Crippen molar-refractivity contribution >= 4 is 34.2 Å². The van der Waals surface area contributed by atoms with Crippen LogP contribution in [0.4, 0.5) is 0 Å². The minimum Gasteiger partial charge on any atom is -0.507 e. The highest BCUT2D eigenvalue weighted by molar-refractivity contribution is 9.10. The Hall–Kier alpha value is -0.820. The lowest BCUT2D eigenvalue weighted by molar-refractivity contribution is 0.0948. The third-order valence-electron chi connectivity index (χ3n) is 3.35. The monoisotopic (exact) mass is 377 g/mol. The second kappa shape index (κ2) is 9.25. The van der Waals surface area contributed by atoms with E-state index < -0.39 is 0 Å². The van der Waals surface area contributed by atoms with Crippen LogP contribution in [0.2, 0.25) is 0 Å². The van der Waals surface area contributed by atoms with Gasteiger partial charge in [-0.25, -0.2) is 0 Å². The van der Waals surface area contributed by atoms with Crippen molar-refractivity contribution in [3.63, 3.8) is 0 Å². The van der Waals surface area contributed by atoms with Crippen LogP contribution in [-0.2, 0) is 0 Å². The number of halogens is 2. The van der Waals surface area contributed by atoms with E-state index in [1.54, 1.807) is 12.1 Å². The Morgan fingerprint density at radius 1 is 1.38 bits per heavy atom. The maximum atomic E-state index is 12.0. The van der Waals surface area contributed by atoms with Gasteiger partial charge in [-0.2, -0.15) is 0 Å². The Morgan fingerprint density at radius 2 is 2.10 bits per heavy atom. The van der Waals surface area contributed by atoms with Crippen LogP contribution in [0.5, 0.6) is 5.75 Å². The predicted molar refractivity (Wildman–Crippen MR) is 89.3 cm³/mol. The normalized spacial score (nSPS) is 15.3. The van der Waals surface area contributed by atoms with E-state index in [9.17, 15) is 9.90 Å². The number of aromatic hydroxyl groups is 1. The molecule has 1 amide bonds. The molecule has 0 radical (unpaired) electrons. The molecule has 0 aromatic heterocycles. The molecule has 1 aromatic rings. The Bertz CT molecular complexity index is 468. The van der Waals surface area contributed by atoms with E-state index in [1.807, 2.05) is 0 Å². The molecule has 118 valence electrons. The molecular formula is C14H21BrClN3O2. The number of hydrogen-bond acceptors (Lipinski definition) is 4. The number of rotatable bonds is 5. The average Bonchev–Trinajstić information content (AvgIpc) is 2.47. The molecule has 1 saturated heterocycles. The van der Waals surface area contributed by atoms with Gasteiger partial charge in [-0.15, -0.1) is 12.4 Å². The molecule has 0 atom stereocenters. The first-order chi connectivity index (χ1) is 9.66. The van der Waals surface area contributed by atoms with Gasteiger partial charge in [-0.3, -0.25) is 4.79 Å². The van der Waals surface area contributed by atoms with Gasteiger partial charge in [0.25, 0.3) is 5.91 Å². The van der Waals surface area contributed by atoms with Crippen LogP contribution >= 0.6 is 28.3 Å². The third-order valence-corrected chi connectivity index (χ3v) is 3.84. The van der Waals surface area contributed by atoms with Gasteiger partial charge in [0.2, 0.25) is 0 Å². The van der Waals surface area contributed by atoms with Crippen molar-refractivity contribution in [1.29, 1.82) is 0 Å². The Labute approximate surface area is 139 Å². The highest BCUT2D eigenvalue weighted by atomic mass is 79.9. The highest BCUT2D eigenvalue weighted by Crippen LogP contribution is 2.21. The van der Waals surface area contributed by atoms with Crippen LogP contribution in [0.15, 0.2) is 22.7 Å². The van der Waals surface area contributed by atoms with Crippen molar-refractivity contribution in [2.45, 2.75) is 6.42 Å². The van der Waals surface area contributed by atoms with Crippen molar-refractivity contribution in [1.82, 2.24) is 15.5 Å². The Balaban J connectivity index is 0.00000220. The highest BCUT2D eigenvalue weighted by Gasteiger charge is 2.12. The van der Waals surface area contributed by atoms with Crippen molar-refractivity contribution in [2.24, 2.45) is 0 Å². The summed E-state index contributed by atoms with van der Waals surface area (Å²) in [5.41, 5.74) is 0.307. The average molecular weight is 379 g/mol. The number of phenols is 1. The minimum atomic E-state index is -0.232. The summed E-state index contributed by atoms with van der Waals surface area (Å²) in [6, 6.07) is 4.84. The quantitative estimate of drug-likeness (QED) is 0.681. The fraction of sp³-hybridized carbons (Fsp3) is 0.500. The number of nitrogens with one attached hydrogen (secondary N) is 2. The first-order valence-electron chi connectivity index (χ1n) is 6.86. The number of amides is 1. The number of hydrogen-bond donors (Lipinski definition) is 3. The fourth-order valence-corrected chi connectivity index (χ4v) is 2.59. The molecular weight excluding hydrogens is 358 g/mol. The lowest BCUT2D eigenvalue weighted by Gasteiger charge is -2.27. The van der Waals surface area contributed by atoms with Crippen molar-refractivity contribution in [2.75, 3.05) is 39.3 Å². The fourth-order valence-electron chi connectivity index (χ4n) is 2.22. The molecule has 0 spiro atoms. The zero-order valence-corrected chi connectivity index (χ0v) is 14.2. The first-order valence-corrected chi connectivity index (χ1v) is 7.66. The summed E-state index contributed by atoms with van der Waals surface area (Å²) in [5.74, 6) is -0.225. The largest absolute Gasteiger partial charge is 0.507 e. The van der Waals surface area contributed by atoms with Gasteiger partial charge in [0.05, 0.1) is 5.56 Å². The van der Waals surface area contributed by atoms with Gasteiger partial charge < -0.3 is 20.6 Å². The summed E-state index contributed by atoms with van der Waals surface area (Å²) < 4.78 is 0.779. The maximum absolute atomic E-state index is 12.0. The second-order valence-electron chi connectivity index (χ2n) is 4.86. The summed E-state index contributed by atoms with van der Waals surface area (Å²) in [4.78, 5) is 14.3. The molecule has 3 N–H and O–H groups in total. The Morgan fingerprint density at radius 3 is 2.81 bits per heavy atom. The molecule has 7 heteroatoms. The molecule has 0 bridgehead atoms. The van der Waals surface area contributed by atoms with Crippen LogP contribution in [0.25, 0.3) is 0 Å². The number of phenolic OH excluding ortho intramolecular Hbond substituents is 1. The molecule has 1 heterocycles. The van der Waals surface area contributed by atoms with Gasteiger partial charge in [-0.1, -0.05) is 15.9 Å². The number of nitrogens with zero attached hydrogens (tertiary/aromatic N) is 1. The molecule has 2 rings (SSSR count). The summed E-state index contributed by atoms with van der Waals surface area (Å²) in [6.45, 7) is 5.83. The minimum absolute atomic E-state index is 0. The van der Waals surface area contributed by atoms with Gasteiger partial charge >= 0.3 is 0 Å². The summed E-state index contributed by atoms with van der Waals surface area (Å²) in [7, 11) is 0. The molecule has 1 aliphatic rings. The van der Waals surface area contributed by atoms with Crippen LogP contribution in [-0.4, -0.2) is 55.2 Å². The smallest absolute Gasteiger partial charge is 0.255 e. The zero-order chi connectivity index (χ0) is 14.4. The summed E-state index contributed by atoms with van der Waals surface area (Å²) in [5, 5.41) is 15.8. The number of carbonyl (C=O) groups is 1. The maximum Gasteiger partial charge on any atom is 0.255 e.